The summed E-state index contributed by atoms with van der Waals surface area (Å²) in [5, 5.41) is 7.96. The highest BCUT2D eigenvalue weighted by molar-refractivity contribution is 6.10. The number of urea groups is 2. The van der Waals surface area contributed by atoms with Crippen LogP contribution in [0, 0.1) is 5.82 Å². The largest absolute Gasteiger partial charge is 0.491 e. The second-order valence-electron chi connectivity index (χ2n) is 8.72. The number of amides is 6. The number of nitrogens with one attached hydrogen (secondary N) is 3. The molecule has 1 atom stereocenters. The van der Waals surface area contributed by atoms with E-state index in [1.165, 1.54) is 30.1 Å². The topological polar surface area (TPSA) is 120 Å². The fourth-order valence-electron chi connectivity index (χ4n) is 4.88. The number of carbonyl (C=O) groups is 4. The number of benzene rings is 2. The molecule has 11 heteroatoms. The summed E-state index contributed by atoms with van der Waals surface area (Å²) in [7, 11) is 1.51. The molecule has 10 nitrogen and oxygen atoms in total. The zero-order valence-corrected chi connectivity index (χ0v) is 19.0. The number of anilines is 1. The first kappa shape index (κ1) is 22.6. The van der Waals surface area contributed by atoms with Crippen LogP contribution in [0.5, 0.6) is 5.75 Å². The van der Waals surface area contributed by atoms with Gasteiger partial charge >= 0.3 is 12.1 Å². The molecular weight excluding hydrogens is 457 g/mol. The Balaban J connectivity index is 1.33. The minimum absolute atomic E-state index is 0.116. The van der Waals surface area contributed by atoms with E-state index in [0.29, 0.717) is 35.4 Å². The van der Waals surface area contributed by atoms with Gasteiger partial charge in [0.2, 0.25) is 5.91 Å². The van der Waals surface area contributed by atoms with Crippen molar-refractivity contribution in [2.24, 2.45) is 0 Å². The van der Waals surface area contributed by atoms with E-state index in [1.807, 2.05) is 0 Å². The van der Waals surface area contributed by atoms with Gasteiger partial charge in [0.1, 0.15) is 30.3 Å². The third-order valence-corrected chi connectivity index (χ3v) is 6.64. The van der Waals surface area contributed by atoms with Crippen molar-refractivity contribution in [1.82, 2.24) is 20.4 Å². The van der Waals surface area contributed by atoms with Crippen LogP contribution in [0.4, 0.5) is 19.7 Å². The van der Waals surface area contributed by atoms with Gasteiger partial charge in [-0.15, -0.1) is 0 Å². The van der Waals surface area contributed by atoms with Crippen LogP contribution >= 0.6 is 0 Å². The van der Waals surface area contributed by atoms with E-state index >= 15 is 0 Å². The quantitative estimate of drug-likeness (QED) is 0.577. The van der Waals surface area contributed by atoms with Gasteiger partial charge in [-0.25, -0.2) is 14.0 Å². The van der Waals surface area contributed by atoms with Gasteiger partial charge in [-0.3, -0.25) is 14.5 Å². The molecule has 2 aromatic carbocycles. The molecule has 5 rings (SSSR count). The highest BCUT2D eigenvalue weighted by Crippen LogP contribution is 2.42. The molecule has 1 aliphatic carbocycles. The highest BCUT2D eigenvalue weighted by atomic mass is 19.1. The van der Waals surface area contributed by atoms with E-state index < -0.39 is 35.7 Å². The molecule has 2 aromatic rings. The summed E-state index contributed by atoms with van der Waals surface area (Å²) in [6, 6.07) is 8.29. The second kappa shape index (κ2) is 8.57. The normalized spacial score (nSPS) is 20.6. The van der Waals surface area contributed by atoms with Crippen molar-refractivity contribution in [2.45, 2.75) is 24.9 Å². The van der Waals surface area contributed by atoms with Gasteiger partial charge in [0, 0.05) is 24.8 Å². The lowest BCUT2D eigenvalue weighted by atomic mass is 9.91. The number of aryl methyl sites for hydroxylation is 1. The fraction of sp³-hybridized carbons (Fsp3) is 0.333. The number of rotatable bonds is 3. The Hall–Kier alpha value is -4.15. The highest BCUT2D eigenvalue weighted by Gasteiger charge is 2.55. The van der Waals surface area contributed by atoms with Gasteiger partial charge in [0.05, 0.1) is 6.54 Å². The van der Waals surface area contributed by atoms with Crippen LogP contribution in [0.2, 0.25) is 0 Å². The number of fused-ring (bicyclic) bond motifs is 3. The number of ether oxygens (including phenoxy) is 1. The van der Waals surface area contributed by atoms with E-state index in [0.717, 1.165) is 10.5 Å². The minimum atomic E-state index is -1.24. The minimum Gasteiger partial charge on any atom is -0.491 e. The van der Waals surface area contributed by atoms with Crippen LogP contribution in [0.3, 0.4) is 0 Å². The SMILES string of the molecule is CNC(=O)Nc1ccc2c(c1)CC[C@@]21NC(=O)N(CC(=O)N2CCOc3ccc(F)cc3C2)C1=O. The van der Waals surface area contributed by atoms with Crippen LogP contribution in [0.15, 0.2) is 36.4 Å². The summed E-state index contributed by atoms with van der Waals surface area (Å²) in [5.41, 5.74) is 1.35. The lowest BCUT2D eigenvalue weighted by Gasteiger charge is -2.24. The Morgan fingerprint density at radius 3 is 2.80 bits per heavy atom. The van der Waals surface area contributed by atoms with Crippen LogP contribution in [0.25, 0.3) is 0 Å². The third kappa shape index (κ3) is 3.92. The number of halogens is 1. The Kier molecular flexibility index (Phi) is 5.54. The average Bonchev–Trinajstić information content (AvgIpc) is 3.20. The molecule has 0 unspecified atom stereocenters. The summed E-state index contributed by atoms with van der Waals surface area (Å²) in [5.74, 6) is -0.858. The molecule has 182 valence electrons. The van der Waals surface area contributed by atoms with Gasteiger partial charge in [0.15, 0.2) is 0 Å². The van der Waals surface area contributed by atoms with Gasteiger partial charge in [-0.05, 0) is 54.3 Å². The standard InChI is InChI=1S/C24H24FN5O5/c1-26-22(33)27-17-3-4-18-14(11-17)6-7-24(18)21(32)30(23(34)28-24)13-20(31)29-8-9-35-19-5-2-16(25)10-15(19)12-29/h2-5,10-11H,6-9,12-13H2,1H3,(H,28,34)(H2,26,27,33)/t24-/m1/s1. The number of hydrogen-bond acceptors (Lipinski definition) is 5. The summed E-state index contributed by atoms with van der Waals surface area (Å²) < 4.78 is 19.3. The number of hydrogen-bond donors (Lipinski definition) is 3. The summed E-state index contributed by atoms with van der Waals surface area (Å²) in [6.45, 7) is 0.148. The maximum absolute atomic E-state index is 13.7. The van der Waals surface area contributed by atoms with Crippen molar-refractivity contribution in [1.29, 1.82) is 0 Å². The Labute approximate surface area is 200 Å². The maximum atomic E-state index is 13.7. The van der Waals surface area contributed by atoms with Crippen LogP contribution in [0.1, 0.15) is 23.1 Å². The lowest BCUT2D eigenvalue weighted by molar-refractivity contribution is -0.139. The van der Waals surface area contributed by atoms with Crippen molar-refractivity contribution >= 4 is 29.6 Å². The second-order valence-corrected chi connectivity index (χ2v) is 8.72. The van der Waals surface area contributed by atoms with Gasteiger partial charge in [0.25, 0.3) is 5.91 Å². The fourth-order valence-corrected chi connectivity index (χ4v) is 4.88. The molecule has 0 saturated carbocycles. The summed E-state index contributed by atoms with van der Waals surface area (Å²) in [4.78, 5) is 53.4. The van der Waals surface area contributed by atoms with E-state index in [-0.39, 0.29) is 25.7 Å². The van der Waals surface area contributed by atoms with Gasteiger partial charge < -0.3 is 25.6 Å². The molecule has 3 aliphatic rings. The first-order chi connectivity index (χ1) is 16.8. The molecule has 2 heterocycles. The first-order valence-corrected chi connectivity index (χ1v) is 11.3. The molecule has 1 spiro atoms. The monoisotopic (exact) mass is 481 g/mol. The molecule has 35 heavy (non-hydrogen) atoms. The van der Waals surface area contributed by atoms with E-state index in [1.54, 1.807) is 18.2 Å². The molecule has 1 saturated heterocycles. The Morgan fingerprint density at radius 1 is 1.17 bits per heavy atom. The first-order valence-electron chi connectivity index (χ1n) is 11.3. The molecule has 6 amide bonds. The van der Waals surface area contributed by atoms with Crippen molar-refractivity contribution in [2.75, 3.05) is 32.1 Å². The lowest BCUT2D eigenvalue weighted by Crippen LogP contribution is -2.45. The predicted molar refractivity (Wildman–Crippen MR) is 122 cm³/mol. The third-order valence-electron chi connectivity index (χ3n) is 6.64. The van der Waals surface area contributed by atoms with Crippen molar-refractivity contribution in [3.05, 3.63) is 58.9 Å². The predicted octanol–water partition coefficient (Wildman–Crippen LogP) is 1.69. The van der Waals surface area contributed by atoms with Crippen molar-refractivity contribution in [3.8, 4) is 5.75 Å². The van der Waals surface area contributed by atoms with E-state index in [4.69, 9.17) is 4.74 Å². The van der Waals surface area contributed by atoms with Crippen molar-refractivity contribution < 1.29 is 28.3 Å². The van der Waals surface area contributed by atoms with Crippen LogP contribution < -0.4 is 20.7 Å². The van der Waals surface area contributed by atoms with E-state index in [9.17, 15) is 23.6 Å². The molecule has 0 aromatic heterocycles. The molecule has 1 fully saturated rings. The molecule has 2 aliphatic heterocycles. The smallest absolute Gasteiger partial charge is 0.325 e. The average molecular weight is 481 g/mol. The molecule has 0 radical (unpaired) electrons. The number of nitrogens with zero attached hydrogens (tertiary/aromatic N) is 2. The summed E-state index contributed by atoms with van der Waals surface area (Å²) >= 11 is 0. The Bertz CT molecular complexity index is 1250. The van der Waals surface area contributed by atoms with Crippen molar-refractivity contribution in [3.63, 3.8) is 0 Å². The summed E-state index contributed by atoms with van der Waals surface area (Å²) in [6.07, 6.45) is 0.878. The van der Waals surface area contributed by atoms with Crippen LogP contribution in [-0.4, -0.2) is 60.4 Å². The molecule has 0 bridgehead atoms. The molecular formula is C24H24FN5O5. The van der Waals surface area contributed by atoms with Crippen LogP contribution in [-0.2, 0) is 28.1 Å². The number of carbonyl (C=O) groups excluding carboxylic acids is 4. The Morgan fingerprint density at radius 2 is 2.00 bits per heavy atom. The maximum Gasteiger partial charge on any atom is 0.325 e. The van der Waals surface area contributed by atoms with Gasteiger partial charge in [-0.1, -0.05) is 6.07 Å². The number of imide groups is 1. The molecule has 3 N–H and O–H groups in total. The zero-order valence-electron chi connectivity index (χ0n) is 19.0. The van der Waals surface area contributed by atoms with Gasteiger partial charge in [-0.2, -0.15) is 0 Å². The van der Waals surface area contributed by atoms with E-state index in [2.05, 4.69) is 16.0 Å². The zero-order chi connectivity index (χ0) is 24.7.